The molecular formula is C10H23NO. The zero-order chi connectivity index (χ0) is 9.82. The second-order valence-corrected chi connectivity index (χ2v) is 2.95. The van der Waals surface area contributed by atoms with Gasteiger partial charge in [0, 0.05) is 6.42 Å². The number of rotatable bonds is 5. The summed E-state index contributed by atoms with van der Waals surface area (Å²) in [4.78, 5) is 10.2. The smallest absolute Gasteiger partial charge is 0.129 e. The number of nitrogens with two attached hydrogens (primary N) is 1. The monoisotopic (exact) mass is 173 g/mol. The number of hydrogen-bond acceptors (Lipinski definition) is 2. The van der Waals surface area contributed by atoms with Crippen LogP contribution in [0.3, 0.4) is 0 Å². The molecule has 0 aromatic heterocycles. The normalized spacial score (nSPS) is 8.67. The molecule has 2 heteroatoms. The highest BCUT2D eigenvalue weighted by Gasteiger charge is 1.87. The summed E-state index contributed by atoms with van der Waals surface area (Å²) >= 11 is 0. The molecule has 0 aromatic rings. The maximum absolute atomic E-state index is 10.2. The first kappa shape index (κ1) is 14.2. The molecule has 0 amide bonds. The van der Waals surface area contributed by atoms with Crippen molar-refractivity contribution in [2.75, 3.05) is 6.54 Å². The van der Waals surface area contributed by atoms with E-state index in [9.17, 15) is 4.79 Å². The molecule has 0 aromatic carbocycles. The van der Waals surface area contributed by atoms with Gasteiger partial charge in [0.05, 0.1) is 0 Å². The van der Waals surface area contributed by atoms with Crippen LogP contribution in [0.1, 0.15) is 52.9 Å². The summed E-state index contributed by atoms with van der Waals surface area (Å²) in [5.74, 6) is 0.307. The summed E-state index contributed by atoms with van der Waals surface area (Å²) in [5, 5.41) is 0. The van der Waals surface area contributed by atoms with Crippen molar-refractivity contribution in [3.8, 4) is 0 Å². The average molecular weight is 173 g/mol. The van der Waals surface area contributed by atoms with Gasteiger partial charge in [0.2, 0.25) is 0 Å². The Labute approximate surface area is 76.5 Å². The molecule has 0 aliphatic rings. The third kappa shape index (κ3) is 22.6. The van der Waals surface area contributed by atoms with E-state index in [2.05, 4.69) is 13.8 Å². The predicted octanol–water partition coefficient (Wildman–Crippen LogP) is 2.51. The van der Waals surface area contributed by atoms with E-state index < -0.39 is 0 Å². The van der Waals surface area contributed by atoms with E-state index >= 15 is 0 Å². The molecule has 0 saturated carbocycles. The van der Waals surface area contributed by atoms with Crippen molar-refractivity contribution in [2.45, 2.75) is 52.9 Å². The van der Waals surface area contributed by atoms with Crippen molar-refractivity contribution < 1.29 is 4.79 Å². The van der Waals surface area contributed by atoms with Gasteiger partial charge < -0.3 is 10.5 Å². The number of unbranched alkanes of at least 4 members (excludes halogenated alkanes) is 2. The lowest BCUT2D eigenvalue weighted by Crippen LogP contribution is -1.95. The molecule has 0 atom stereocenters. The highest BCUT2D eigenvalue weighted by Crippen LogP contribution is 1.92. The molecule has 0 radical (unpaired) electrons. The Kier molecular flexibility index (Phi) is 15.6. The van der Waals surface area contributed by atoms with Crippen LogP contribution in [-0.2, 0) is 4.79 Å². The van der Waals surface area contributed by atoms with Gasteiger partial charge in [-0.1, -0.05) is 26.7 Å². The lowest BCUT2D eigenvalue weighted by molar-refractivity contribution is -0.117. The van der Waals surface area contributed by atoms with Crippen LogP contribution in [0.4, 0.5) is 0 Å². The highest BCUT2D eigenvalue weighted by atomic mass is 16.1. The zero-order valence-corrected chi connectivity index (χ0v) is 8.73. The summed E-state index contributed by atoms with van der Waals surface area (Å²) in [5.41, 5.74) is 5.14. The molecule has 12 heavy (non-hydrogen) atoms. The number of hydrogen-bond donors (Lipinski definition) is 1. The van der Waals surface area contributed by atoms with E-state index in [0.29, 0.717) is 5.78 Å². The number of ketones is 1. The molecule has 0 saturated heterocycles. The molecule has 0 fully saturated rings. The van der Waals surface area contributed by atoms with Crippen molar-refractivity contribution in [1.82, 2.24) is 0 Å². The summed E-state index contributed by atoms with van der Waals surface area (Å²) < 4.78 is 0. The lowest BCUT2D eigenvalue weighted by atomic mass is 10.2. The van der Waals surface area contributed by atoms with E-state index in [1.165, 1.54) is 12.8 Å². The Morgan fingerprint density at radius 2 is 1.67 bits per heavy atom. The second kappa shape index (κ2) is 13.2. The first-order valence-corrected chi connectivity index (χ1v) is 4.88. The van der Waals surface area contributed by atoms with Crippen LogP contribution in [0.25, 0.3) is 0 Å². The fraction of sp³-hybridized carbons (Fsp3) is 0.900. The topological polar surface area (TPSA) is 43.1 Å². The molecule has 0 bridgehead atoms. The van der Waals surface area contributed by atoms with Gasteiger partial charge in [-0.25, -0.2) is 0 Å². The third-order valence-corrected chi connectivity index (χ3v) is 1.44. The van der Waals surface area contributed by atoms with Gasteiger partial charge in [-0.2, -0.15) is 0 Å². The molecule has 0 aliphatic heterocycles. The van der Waals surface area contributed by atoms with Gasteiger partial charge in [-0.3, -0.25) is 0 Å². The first-order chi connectivity index (χ1) is 5.68. The minimum absolute atomic E-state index is 0.307. The zero-order valence-electron chi connectivity index (χ0n) is 8.73. The Bertz CT molecular complexity index is 89.8. The molecule has 0 rings (SSSR count). The summed E-state index contributed by atoms with van der Waals surface area (Å²) in [7, 11) is 0. The lowest BCUT2D eigenvalue weighted by Gasteiger charge is -1.86. The Balaban J connectivity index is 0. The summed E-state index contributed by atoms with van der Waals surface area (Å²) in [6.07, 6.45) is 5.32. The van der Waals surface area contributed by atoms with Gasteiger partial charge in [-0.05, 0) is 26.3 Å². The summed E-state index contributed by atoms with van der Waals surface area (Å²) in [6.45, 7) is 6.70. The van der Waals surface area contributed by atoms with Crippen molar-refractivity contribution in [3.63, 3.8) is 0 Å². The molecule has 2 N–H and O–H groups in total. The van der Waals surface area contributed by atoms with Crippen LogP contribution >= 0.6 is 0 Å². The molecule has 0 heterocycles. The van der Waals surface area contributed by atoms with E-state index in [-0.39, 0.29) is 0 Å². The van der Waals surface area contributed by atoms with Crippen LogP contribution in [0.2, 0.25) is 0 Å². The molecular weight excluding hydrogens is 150 g/mol. The largest absolute Gasteiger partial charge is 0.330 e. The van der Waals surface area contributed by atoms with Gasteiger partial charge >= 0.3 is 0 Å². The minimum Gasteiger partial charge on any atom is -0.330 e. The van der Waals surface area contributed by atoms with Gasteiger partial charge in [0.1, 0.15) is 5.78 Å². The van der Waals surface area contributed by atoms with Crippen LogP contribution in [0.15, 0.2) is 0 Å². The van der Waals surface area contributed by atoms with Crippen molar-refractivity contribution >= 4 is 5.78 Å². The molecule has 0 unspecified atom stereocenters. The van der Waals surface area contributed by atoms with Crippen LogP contribution < -0.4 is 5.73 Å². The predicted molar refractivity (Wildman–Crippen MR) is 54.2 cm³/mol. The first-order valence-electron chi connectivity index (χ1n) is 4.88. The van der Waals surface area contributed by atoms with Crippen LogP contribution in [0, 0.1) is 0 Å². The number of carbonyl (C=O) groups is 1. The van der Waals surface area contributed by atoms with Gasteiger partial charge in [0.15, 0.2) is 0 Å². The van der Waals surface area contributed by atoms with Crippen LogP contribution in [0.5, 0.6) is 0 Å². The van der Waals surface area contributed by atoms with E-state index in [4.69, 9.17) is 5.73 Å². The maximum Gasteiger partial charge on any atom is 0.129 e. The Morgan fingerprint density at radius 3 is 1.75 bits per heavy atom. The van der Waals surface area contributed by atoms with Gasteiger partial charge in [-0.15, -0.1) is 0 Å². The quantitative estimate of drug-likeness (QED) is 0.694. The SMILES string of the molecule is CCCCC(C)=O.CCCCN. The van der Waals surface area contributed by atoms with Crippen molar-refractivity contribution in [3.05, 3.63) is 0 Å². The second-order valence-electron chi connectivity index (χ2n) is 2.95. The molecule has 0 spiro atoms. The van der Waals surface area contributed by atoms with Crippen molar-refractivity contribution in [1.29, 1.82) is 0 Å². The third-order valence-electron chi connectivity index (χ3n) is 1.44. The van der Waals surface area contributed by atoms with E-state index in [1.54, 1.807) is 6.92 Å². The fourth-order valence-electron chi connectivity index (χ4n) is 0.630. The van der Waals surface area contributed by atoms with Crippen molar-refractivity contribution in [2.24, 2.45) is 5.73 Å². The Hall–Kier alpha value is -0.370. The van der Waals surface area contributed by atoms with E-state index in [1.807, 2.05) is 0 Å². The minimum atomic E-state index is 0.307. The number of carbonyl (C=O) groups excluding carboxylic acids is 1. The summed E-state index contributed by atoms with van der Waals surface area (Å²) in [6, 6.07) is 0. The molecule has 74 valence electrons. The standard InChI is InChI=1S/C6H12O.C4H11N/c1-3-4-5-6(2)7;1-2-3-4-5/h3-5H2,1-2H3;2-5H2,1H3. The number of Topliss-reactive ketones (excluding diaryl/α,β-unsaturated/α-hetero) is 1. The molecule has 2 nitrogen and oxygen atoms in total. The Morgan fingerprint density at radius 1 is 1.17 bits per heavy atom. The average Bonchev–Trinajstić information content (AvgIpc) is 2.03. The fourth-order valence-corrected chi connectivity index (χ4v) is 0.630. The molecule has 0 aliphatic carbocycles. The van der Waals surface area contributed by atoms with Gasteiger partial charge in [0.25, 0.3) is 0 Å². The maximum atomic E-state index is 10.2. The van der Waals surface area contributed by atoms with Crippen LogP contribution in [-0.4, -0.2) is 12.3 Å². The van der Waals surface area contributed by atoms with E-state index in [0.717, 1.165) is 25.8 Å². The highest BCUT2D eigenvalue weighted by molar-refractivity contribution is 5.75.